The molecule has 0 radical (unpaired) electrons. The number of ketones is 1. The Bertz CT molecular complexity index is 1630. The second-order valence-electron chi connectivity index (χ2n) is 9.88. The summed E-state index contributed by atoms with van der Waals surface area (Å²) in [5.74, 6) is -1.64. The molecule has 0 unspecified atom stereocenters. The van der Waals surface area contributed by atoms with Gasteiger partial charge in [0.15, 0.2) is 5.78 Å². The van der Waals surface area contributed by atoms with Crippen LogP contribution in [-0.4, -0.2) is 22.0 Å². The standard InChI is InChI=1S/C31H28FN3O2/c1-3-35-25-9-5-4-7-22(25)23-17-19(11-16-26(23)35)29-28(31(37)34-21-14-12-20(32)13-15-21)18(2)33-24-8-6-10-27(36)30(24)29/h4-5,7,9,11-17,28-29H,3,6,8,10H2,1-2H3,(H,34,37)/t28-,29+/m0/s1. The summed E-state index contributed by atoms with van der Waals surface area (Å²) in [4.78, 5) is 31.8. The van der Waals surface area contributed by atoms with Crippen molar-refractivity contribution in [3.05, 3.63) is 89.4 Å². The molecule has 2 heterocycles. The van der Waals surface area contributed by atoms with Crippen molar-refractivity contribution in [2.45, 2.75) is 45.6 Å². The molecule has 1 amide bonds. The van der Waals surface area contributed by atoms with Gasteiger partial charge in [-0.05, 0) is 74.7 Å². The average Bonchev–Trinajstić information content (AvgIpc) is 3.22. The third-order valence-corrected chi connectivity index (χ3v) is 7.70. The number of para-hydroxylation sites is 1. The fraction of sp³-hybridized carbons (Fsp3) is 0.258. The van der Waals surface area contributed by atoms with E-state index in [9.17, 15) is 14.0 Å². The molecule has 1 aliphatic carbocycles. The van der Waals surface area contributed by atoms with E-state index in [0.29, 0.717) is 23.4 Å². The van der Waals surface area contributed by atoms with Crippen molar-refractivity contribution in [3.63, 3.8) is 0 Å². The predicted molar refractivity (Wildman–Crippen MR) is 145 cm³/mol. The highest BCUT2D eigenvalue weighted by molar-refractivity contribution is 6.14. The first-order chi connectivity index (χ1) is 18.0. The monoisotopic (exact) mass is 493 g/mol. The van der Waals surface area contributed by atoms with E-state index in [1.54, 1.807) is 12.1 Å². The molecule has 0 spiro atoms. The number of nitrogens with zero attached hydrogens (tertiary/aromatic N) is 2. The minimum absolute atomic E-state index is 0.0677. The summed E-state index contributed by atoms with van der Waals surface area (Å²) in [6.45, 7) is 4.84. The van der Waals surface area contributed by atoms with Gasteiger partial charge in [-0.25, -0.2) is 4.39 Å². The van der Waals surface area contributed by atoms with Crippen LogP contribution in [-0.2, 0) is 16.1 Å². The van der Waals surface area contributed by atoms with Gasteiger partial charge in [0.05, 0.1) is 5.92 Å². The van der Waals surface area contributed by atoms with Gasteiger partial charge in [-0.1, -0.05) is 24.3 Å². The van der Waals surface area contributed by atoms with Gasteiger partial charge in [0.1, 0.15) is 5.82 Å². The van der Waals surface area contributed by atoms with Crippen molar-refractivity contribution in [3.8, 4) is 0 Å². The zero-order chi connectivity index (χ0) is 25.7. The molecule has 1 aliphatic heterocycles. The van der Waals surface area contributed by atoms with Gasteiger partial charge in [-0.2, -0.15) is 0 Å². The Morgan fingerprint density at radius 2 is 1.78 bits per heavy atom. The number of nitrogens with one attached hydrogen (secondary N) is 1. The Balaban J connectivity index is 1.51. The van der Waals surface area contributed by atoms with Gasteiger partial charge in [-0.3, -0.25) is 14.6 Å². The minimum Gasteiger partial charge on any atom is -0.341 e. The maximum Gasteiger partial charge on any atom is 0.234 e. The van der Waals surface area contributed by atoms with E-state index in [0.717, 1.165) is 52.5 Å². The van der Waals surface area contributed by atoms with E-state index in [2.05, 4.69) is 47.1 Å². The highest BCUT2D eigenvalue weighted by atomic mass is 19.1. The zero-order valence-electron chi connectivity index (χ0n) is 20.9. The van der Waals surface area contributed by atoms with Crippen LogP contribution in [0.4, 0.5) is 10.1 Å². The number of aromatic nitrogens is 1. The number of benzene rings is 3. The molecule has 0 fully saturated rings. The second kappa shape index (κ2) is 9.11. The molecule has 5 nitrogen and oxygen atoms in total. The van der Waals surface area contributed by atoms with E-state index in [1.165, 1.54) is 12.1 Å². The Hall–Kier alpha value is -4.06. The maximum atomic E-state index is 13.7. The molecular weight excluding hydrogens is 465 g/mol. The number of rotatable bonds is 4. The summed E-state index contributed by atoms with van der Waals surface area (Å²) in [5, 5.41) is 5.20. The van der Waals surface area contributed by atoms with E-state index < -0.39 is 11.8 Å². The lowest BCUT2D eigenvalue weighted by molar-refractivity contribution is -0.119. The molecule has 0 saturated heterocycles. The Kier molecular flexibility index (Phi) is 5.75. The number of allylic oxidation sites excluding steroid dienone is 2. The number of carbonyl (C=O) groups is 2. The van der Waals surface area contributed by atoms with Gasteiger partial charge in [-0.15, -0.1) is 0 Å². The Morgan fingerprint density at radius 3 is 2.57 bits per heavy atom. The number of amides is 1. The molecule has 37 heavy (non-hydrogen) atoms. The van der Waals surface area contributed by atoms with Crippen LogP contribution in [0.5, 0.6) is 0 Å². The number of Topliss-reactive ketones (excluding diaryl/α,β-unsaturated/α-hetero) is 1. The fourth-order valence-corrected chi connectivity index (χ4v) is 6.06. The molecule has 2 atom stereocenters. The molecule has 1 aromatic heterocycles. The number of aryl methyl sites for hydroxylation is 1. The predicted octanol–water partition coefficient (Wildman–Crippen LogP) is 6.77. The van der Waals surface area contributed by atoms with Crippen molar-refractivity contribution in [2.75, 3.05) is 5.32 Å². The molecule has 6 heteroatoms. The molecule has 186 valence electrons. The first kappa shape index (κ1) is 23.3. The third-order valence-electron chi connectivity index (χ3n) is 7.70. The van der Waals surface area contributed by atoms with Crippen LogP contribution in [0.25, 0.3) is 21.8 Å². The molecule has 6 rings (SSSR count). The van der Waals surface area contributed by atoms with Gasteiger partial charge in [0.25, 0.3) is 0 Å². The first-order valence-corrected chi connectivity index (χ1v) is 12.8. The van der Waals surface area contributed by atoms with Crippen LogP contribution in [0.2, 0.25) is 0 Å². The van der Waals surface area contributed by atoms with Crippen LogP contribution in [0.3, 0.4) is 0 Å². The lowest BCUT2D eigenvalue weighted by Gasteiger charge is -2.35. The number of fused-ring (bicyclic) bond motifs is 3. The first-order valence-electron chi connectivity index (χ1n) is 12.8. The van der Waals surface area contributed by atoms with Gasteiger partial charge < -0.3 is 9.88 Å². The van der Waals surface area contributed by atoms with Gasteiger partial charge in [0.2, 0.25) is 5.91 Å². The van der Waals surface area contributed by atoms with Gasteiger partial charge in [0, 0.05) is 63.4 Å². The largest absolute Gasteiger partial charge is 0.341 e. The zero-order valence-corrected chi connectivity index (χ0v) is 20.9. The summed E-state index contributed by atoms with van der Waals surface area (Å²) in [7, 11) is 0. The number of aliphatic imine (C=N–C) groups is 1. The number of halogens is 1. The molecular formula is C31H28FN3O2. The molecule has 1 N–H and O–H groups in total. The minimum atomic E-state index is -0.650. The third kappa shape index (κ3) is 3.88. The van der Waals surface area contributed by atoms with Gasteiger partial charge >= 0.3 is 0 Å². The highest BCUT2D eigenvalue weighted by Crippen LogP contribution is 2.45. The van der Waals surface area contributed by atoms with Crippen molar-refractivity contribution in [1.29, 1.82) is 0 Å². The van der Waals surface area contributed by atoms with Crippen LogP contribution < -0.4 is 5.32 Å². The number of carbonyl (C=O) groups excluding carboxylic acids is 2. The summed E-state index contributed by atoms with van der Waals surface area (Å²) in [6, 6.07) is 20.4. The molecule has 3 aromatic carbocycles. The average molecular weight is 494 g/mol. The highest BCUT2D eigenvalue weighted by Gasteiger charge is 2.42. The normalized spacial score (nSPS) is 19.8. The number of hydrogen-bond acceptors (Lipinski definition) is 3. The maximum absolute atomic E-state index is 13.7. The lowest BCUT2D eigenvalue weighted by Crippen LogP contribution is -2.39. The van der Waals surface area contributed by atoms with Crippen molar-refractivity contribution in [1.82, 2.24) is 4.57 Å². The van der Waals surface area contributed by atoms with E-state index in [-0.39, 0.29) is 17.5 Å². The summed E-state index contributed by atoms with van der Waals surface area (Å²) >= 11 is 0. The lowest BCUT2D eigenvalue weighted by atomic mass is 9.71. The molecule has 4 aromatic rings. The summed E-state index contributed by atoms with van der Waals surface area (Å²) in [5.41, 5.74) is 5.89. The van der Waals surface area contributed by atoms with Crippen LogP contribution in [0.1, 0.15) is 44.6 Å². The Labute approximate surface area is 214 Å². The van der Waals surface area contributed by atoms with E-state index in [4.69, 9.17) is 4.99 Å². The van der Waals surface area contributed by atoms with Crippen LogP contribution in [0, 0.1) is 11.7 Å². The fourth-order valence-electron chi connectivity index (χ4n) is 6.06. The quantitative estimate of drug-likeness (QED) is 0.341. The van der Waals surface area contributed by atoms with E-state index in [1.807, 2.05) is 19.1 Å². The van der Waals surface area contributed by atoms with Crippen molar-refractivity contribution >= 4 is 44.9 Å². The number of hydrogen-bond donors (Lipinski definition) is 1. The number of anilines is 1. The summed E-state index contributed by atoms with van der Waals surface area (Å²) in [6.07, 6.45) is 1.98. The summed E-state index contributed by atoms with van der Waals surface area (Å²) < 4.78 is 15.7. The SMILES string of the molecule is CCn1c2ccccc2c2cc([C@H]3C4=C(CCCC4=O)N=C(C)[C@@H]3C(=O)Nc3ccc(F)cc3)ccc21. The molecule has 2 aliphatic rings. The van der Waals surface area contributed by atoms with Crippen molar-refractivity contribution in [2.24, 2.45) is 10.9 Å². The Morgan fingerprint density at radius 1 is 1.03 bits per heavy atom. The van der Waals surface area contributed by atoms with Crippen LogP contribution in [0.15, 0.2) is 83.0 Å². The molecule has 0 saturated carbocycles. The topological polar surface area (TPSA) is 63.5 Å². The van der Waals surface area contributed by atoms with Crippen molar-refractivity contribution < 1.29 is 14.0 Å². The van der Waals surface area contributed by atoms with E-state index >= 15 is 0 Å². The second-order valence-corrected chi connectivity index (χ2v) is 9.88. The van der Waals surface area contributed by atoms with Crippen LogP contribution >= 0.6 is 0 Å². The smallest absolute Gasteiger partial charge is 0.234 e. The molecule has 0 bridgehead atoms.